The standard InChI is InChI=1S/C26H20ClN3O5/c1-28-21-19(25(32)29(2)26(28)33)20(14-7-9-15(27)10-8-14)30-11-12-34-24(22(21)30)17-13-35-18-6-4-3-5-16(18)23(17)31/h3-10,13,24H,11-12H2,1-2H3/t24-/m1/s1. The Morgan fingerprint density at radius 3 is 2.49 bits per heavy atom. The number of nitrogens with zero attached hydrogens (tertiary/aromatic N) is 3. The second kappa shape index (κ2) is 7.83. The molecule has 2 aromatic carbocycles. The van der Waals surface area contributed by atoms with Gasteiger partial charge in [0.05, 0.1) is 39.8 Å². The molecule has 6 rings (SSSR count). The molecule has 0 amide bonds. The Labute approximate surface area is 203 Å². The molecule has 0 unspecified atom stereocenters. The fourth-order valence-electron chi connectivity index (χ4n) is 5.00. The molecule has 0 saturated heterocycles. The number of aromatic nitrogens is 3. The largest absolute Gasteiger partial charge is 0.464 e. The Bertz CT molecular complexity index is 1830. The molecule has 35 heavy (non-hydrogen) atoms. The summed E-state index contributed by atoms with van der Waals surface area (Å²) < 4.78 is 16.4. The van der Waals surface area contributed by atoms with E-state index in [1.54, 1.807) is 43.4 Å². The molecular weight excluding hydrogens is 470 g/mol. The maximum Gasteiger partial charge on any atom is 0.331 e. The van der Waals surface area contributed by atoms with Gasteiger partial charge in [-0.2, -0.15) is 0 Å². The van der Waals surface area contributed by atoms with Crippen LogP contribution in [-0.4, -0.2) is 20.3 Å². The van der Waals surface area contributed by atoms with E-state index in [1.807, 2.05) is 16.7 Å². The van der Waals surface area contributed by atoms with Gasteiger partial charge in [-0.1, -0.05) is 35.9 Å². The second-order valence-electron chi connectivity index (χ2n) is 8.59. The van der Waals surface area contributed by atoms with Gasteiger partial charge in [0, 0.05) is 25.7 Å². The average Bonchev–Trinajstić information content (AvgIpc) is 3.23. The number of para-hydroxylation sites is 1. The average molecular weight is 490 g/mol. The summed E-state index contributed by atoms with van der Waals surface area (Å²) in [5.74, 6) is 0. The number of rotatable bonds is 2. The lowest BCUT2D eigenvalue weighted by Crippen LogP contribution is -2.37. The summed E-state index contributed by atoms with van der Waals surface area (Å²) in [5.41, 5.74) is 2.10. The van der Waals surface area contributed by atoms with Crippen LogP contribution in [0.2, 0.25) is 5.02 Å². The van der Waals surface area contributed by atoms with Crippen molar-refractivity contribution in [1.82, 2.24) is 13.7 Å². The van der Waals surface area contributed by atoms with Gasteiger partial charge in [-0.05, 0) is 29.8 Å². The van der Waals surface area contributed by atoms with Crippen molar-refractivity contribution in [3.8, 4) is 11.3 Å². The summed E-state index contributed by atoms with van der Waals surface area (Å²) in [6.07, 6.45) is 0.580. The maximum absolute atomic E-state index is 13.5. The number of fused-ring (bicyclic) bond motifs is 4. The Balaban J connectivity index is 1.75. The lowest BCUT2D eigenvalue weighted by Gasteiger charge is -2.27. The molecule has 4 heterocycles. The Hall–Kier alpha value is -3.88. The summed E-state index contributed by atoms with van der Waals surface area (Å²) >= 11 is 6.12. The summed E-state index contributed by atoms with van der Waals surface area (Å²) in [6, 6.07) is 14.2. The van der Waals surface area contributed by atoms with E-state index in [2.05, 4.69) is 0 Å². The first-order valence-corrected chi connectivity index (χ1v) is 11.5. The van der Waals surface area contributed by atoms with Crippen molar-refractivity contribution < 1.29 is 9.15 Å². The van der Waals surface area contributed by atoms with Gasteiger partial charge < -0.3 is 13.7 Å². The Kier molecular flexibility index (Phi) is 4.84. The minimum absolute atomic E-state index is 0.221. The van der Waals surface area contributed by atoms with Gasteiger partial charge in [-0.3, -0.25) is 18.7 Å². The van der Waals surface area contributed by atoms with Gasteiger partial charge in [-0.25, -0.2) is 4.79 Å². The van der Waals surface area contributed by atoms with Gasteiger partial charge in [0.25, 0.3) is 5.56 Å². The molecule has 0 N–H and O–H groups in total. The smallest absolute Gasteiger partial charge is 0.331 e. The summed E-state index contributed by atoms with van der Waals surface area (Å²) in [7, 11) is 3.07. The van der Waals surface area contributed by atoms with Crippen LogP contribution in [0, 0.1) is 0 Å². The minimum Gasteiger partial charge on any atom is -0.464 e. The molecule has 8 nitrogen and oxygen atoms in total. The third-order valence-corrected chi connectivity index (χ3v) is 6.91. The first-order chi connectivity index (χ1) is 16.9. The SMILES string of the molecule is Cn1c(=O)c2c(-c3ccc(Cl)cc3)n3c(c2n(C)c1=O)[C@@H](c1coc2ccccc2c1=O)OCC3. The van der Waals surface area contributed by atoms with Crippen LogP contribution in [-0.2, 0) is 25.4 Å². The highest BCUT2D eigenvalue weighted by molar-refractivity contribution is 6.30. The van der Waals surface area contributed by atoms with Crippen molar-refractivity contribution in [3.63, 3.8) is 0 Å². The molecule has 5 aromatic rings. The molecule has 0 aliphatic carbocycles. The zero-order chi connectivity index (χ0) is 24.4. The zero-order valence-corrected chi connectivity index (χ0v) is 19.7. The highest BCUT2D eigenvalue weighted by Gasteiger charge is 2.34. The predicted octanol–water partition coefficient (Wildman–Crippen LogP) is 3.59. The number of aryl methyl sites for hydroxylation is 1. The van der Waals surface area contributed by atoms with Crippen molar-refractivity contribution in [2.24, 2.45) is 14.1 Å². The van der Waals surface area contributed by atoms with E-state index in [4.69, 9.17) is 20.8 Å². The fourth-order valence-corrected chi connectivity index (χ4v) is 5.12. The van der Waals surface area contributed by atoms with E-state index in [0.29, 0.717) is 57.0 Å². The highest BCUT2D eigenvalue weighted by Crippen LogP contribution is 2.40. The van der Waals surface area contributed by atoms with Crippen LogP contribution in [0.4, 0.5) is 0 Å². The van der Waals surface area contributed by atoms with Crippen molar-refractivity contribution in [2.45, 2.75) is 12.6 Å². The van der Waals surface area contributed by atoms with Gasteiger partial charge in [0.2, 0.25) is 0 Å². The molecule has 0 bridgehead atoms. The monoisotopic (exact) mass is 489 g/mol. The lowest BCUT2D eigenvalue weighted by molar-refractivity contribution is 0.0463. The molecule has 176 valence electrons. The minimum atomic E-state index is -0.828. The molecule has 1 atom stereocenters. The first kappa shape index (κ1) is 21.6. The van der Waals surface area contributed by atoms with E-state index in [-0.39, 0.29) is 5.43 Å². The third-order valence-electron chi connectivity index (χ3n) is 6.66. The maximum atomic E-state index is 13.5. The van der Waals surface area contributed by atoms with Crippen molar-refractivity contribution in [3.05, 3.63) is 102 Å². The Morgan fingerprint density at radius 1 is 0.971 bits per heavy atom. The van der Waals surface area contributed by atoms with E-state index < -0.39 is 17.4 Å². The third kappa shape index (κ3) is 3.07. The molecule has 1 aliphatic rings. The van der Waals surface area contributed by atoms with Crippen LogP contribution in [0.25, 0.3) is 33.1 Å². The van der Waals surface area contributed by atoms with Gasteiger partial charge in [0.15, 0.2) is 5.43 Å². The molecule has 1 aliphatic heterocycles. The first-order valence-electron chi connectivity index (χ1n) is 11.1. The van der Waals surface area contributed by atoms with Gasteiger partial charge >= 0.3 is 5.69 Å². The van der Waals surface area contributed by atoms with Crippen LogP contribution >= 0.6 is 11.6 Å². The van der Waals surface area contributed by atoms with E-state index >= 15 is 0 Å². The van der Waals surface area contributed by atoms with Crippen molar-refractivity contribution >= 4 is 33.5 Å². The molecule has 3 aromatic heterocycles. The van der Waals surface area contributed by atoms with Crippen LogP contribution in [0.15, 0.2) is 73.6 Å². The predicted molar refractivity (Wildman–Crippen MR) is 133 cm³/mol. The van der Waals surface area contributed by atoms with Crippen LogP contribution < -0.4 is 16.7 Å². The van der Waals surface area contributed by atoms with E-state index in [0.717, 1.165) is 10.1 Å². The van der Waals surface area contributed by atoms with Crippen LogP contribution in [0.5, 0.6) is 0 Å². The molecule has 0 saturated carbocycles. The van der Waals surface area contributed by atoms with Crippen molar-refractivity contribution in [1.29, 1.82) is 0 Å². The summed E-state index contributed by atoms with van der Waals surface area (Å²) in [4.78, 5) is 39.9. The highest BCUT2D eigenvalue weighted by atomic mass is 35.5. The number of hydrogen-bond donors (Lipinski definition) is 0. The number of hydrogen-bond acceptors (Lipinski definition) is 5. The molecule has 0 spiro atoms. The van der Waals surface area contributed by atoms with Gasteiger partial charge in [-0.15, -0.1) is 0 Å². The van der Waals surface area contributed by atoms with Crippen molar-refractivity contribution in [2.75, 3.05) is 6.61 Å². The Morgan fingerprint density at radius 2 is 1.71 bits per heavy atom. The molecule has 0 radical (unpaired) electrons. The topological polar surface area (TPSA) is 88.4 Å². The van der Waals surface area contributed by atoms with Gasteiger partial charge in [0.1, 0.15) is 18.0 Å². The number of halogens is 1. The second-order valence-corrected chi connectivity index (χ2v) is 9.03. The number of benzene rings is 2. The van der Waals surface area contributed by atoms with Crippen LogP contribution in [0.1, 0.15) is 17.4 Å². The summed E-state index contributed by atoms with van der Waals surface area (Å²) in [6.45, 7) is 0.745. The van der Waals surface area contributed by atoms with E-state index in [9.17, 15) is 14.4 Å². The zero-order valence-electron chi connectivity index (χ0n) is 18.9. The normalized spacial score (nSPS) is 15.6. The molecular formula is C26H20ClN3O5. The number of ether oxygens (including phenoxy) is 1. The molecule has 0 fully saturated rings. The summed E-state index contributed by atoms with van der Waals surface area (Å²) in [5, 5.41) is 1.38. The fraction of sp³-hybridized carbons (Fsp3) is 0.192. The van der Waals surface area contributed by atoms with Crippen LogP contribution in [0.3, 0.4) is 0 Å². The van der Waals surface area contributed by atoms with E-state index in [1.165, 1.54) is 17.9 Å². The quantitative estimate of drug-likeness (QED) is 0.378. The molecule has 9 heteroatoms. The lowest BCUT2D eigenvalue weighted by atomic mass is 10.0.